The molecule has 0 aliphatic heterocycles. The van der Waals surface area contributed by atoms with Crippen molar-refractivity contribution in [2.45, 2.75) is 19.3 Å². The standard InChI is InChI=1S/C41H30N4O/c1-3-12-27(13-4-1)31-16-11-17-32(26-31)40-43-38(29-14-5-2-6-15-29)42-39(44-40)30-24-22-28(23-25-30)37-33-18-7-8-19-34(33)45-35-20-9-10-21-36(35)46-41(37)45/h1-3,5-12,14-25,31H,4,13,26H2. The third-order valence-corrected chi connectivity index (χ3v) is 9.13. The Balaban J connectivity index is 1.14. The molecule has 5 nitrogen and oxygen atoms in total. The summed E-state index contributed by atoms with van der Waals surface area (Å²) >= 11 is 0. The van der Waals surface area contributed by atoms with Crippen LogP contribution in [0.5, 0.6) is 0 Å². The minimum atomic E-state index is 0.358. The quantitative estimate of drug-likeness (QED) is 0.199. The predicted molar refractivity (Wildman–Crippen MR) is 186 cm³/mol. The van der Waals surface area contributed by atoms with E-state index in [0.717, 1.165) is 80.6 Å². The number of benzene rings is 4. The molecule has 5 heteroatoms. The number of nitrogens with zero attached hydrogens (tertiary/aromatic N) is 4. The van der Waals surface area contributed by atoms with Gasteiger partial charge >= 0.3 is 0 Å². The molecule has 3 aromatic heterocycles. The van der Waals surface area contributed by atoms with Crippen molar-refractivity contribution in [3.8, 4) is 33.9 Å². The fourth-order valence-corrected chi connectivity index (χ4v) is 6.84. The average molecular weight is 595 g/mol. The highest BCUT2D eigenvalue weighted by Crippen LogP contribution is 2.40. The summed E-state index contributed by atoms with van der Waals surface area (Å²) in [5.41, 5.74) is 10.6. The maximum atomic E-state index is 6.45. The van der Waals surface area contributed by atoms with Gasteiger partial charge < -0.3 is 4.42 Å². The van der Waals surface area contributed by atoms with E-state index in [0.29, 0.717) is 17.6 Å². The molecule has 0 amide bonds. The number of oxazole rings is 1. The fraction of sp³-hybridized carbons (Fsp3) is 0.0976. The van der Waals surface area contributed by atoms with Gasteiger partial charge in [-0.25, -0.2) is 15.0 Å². The Labute approximate surface area is 266 Å². The molecule has 1 atom stereocenters. The molecule has 9 rings (SSSR count). The average Bonchev–Trinajstić information content (AvgIpc) is 3.67. The minimum Gasteiger partial charge on any atom is -0.438 e. The number of allylic oxidation sites excluding steroid dienone is 8. The van der Waals surface area contributed by atoms with E-state index in [9.17, 15) is 0 Å². The molecule has 2 aliphatic rings. The zero-order chi connectivity index (χ0) is 30.5. The van der Waals surface area contributed by atoms with Crippen LogP contribution in [0.1, 0.15) is 25.1 Å². The largest absolute Gasteiger partial charge is 0.438 e. The maximum Gasteiger partial charge on any atom is 0.213 e. The highest BCUT2D eigenvalue weighted by atomic mass is 16.3. The van der Waals surface area contributed by atoms with Crippen LogP contribution < -0.4 is 0 Å². The SMILES string of the molecule is C1=CCCC(C2C=CC=C(c3nc(-c4ccccc4)nc(-c4ccc(-c5c6ccccc6n6c5oc5ccccc56)cc4)n3)C2)=C1. The number of rotatable bonds is 5. The van der Waals surface area contributed by atoms with Gasteiger partial charge in [0, 0.05) is 22.4 Å². The van der Waals surface area contributed by atoms with E-state index in [2.05, 4.69) is 114 Å². The lowest BCUT2D eigenvalue weighted by Crippen LogP contribution is -2.10. The van der Waals surface area contributed by atoms with Gasteiger partial charge in [-0.1, -0.05) is 127 Å². The van der Waals surface area contributed by atoms with Gasteiger partial charge in [0.15, 0.2) is 23.1 Å². The van der Waals surface area contributed by atoms with Crippen molar-refractivity contribution in [1.82, 2.24) is 19.4 Å². The lowest BCUT2D eigenvalue weighted by atomic mass is 9.84. The summed E-state index contributed by atoms with van der Waals surface area (Å²) in [6.07, 6.45) is 16.4. The van der Waals surface area contributed by atoms with Gasteiger partial charge in [0.25, 0.3) is 0 Å². The third kappa shape index (κ3) is 4.51. The van der Waals surface area contributed by atoms with Crippen molar-refractivity contribution >= 4 is 33.3 Å². The normalized spacial score (nSPS) is 16.3. The molecule has 0 saturated heterocycles. The van der Waals surface area contributed by atoms with Crippen LogP contribution in [-0.4, -0.2) is 19.4 Å². The van der Waals surface area contributed by atoms with Crippen LogP contribution in [-0.2, 0) is 0 Å². The third-order valence-electron chi connectivity index (χ3n) is 9.13. The van der Waals surface area contributed by atoms with Gasteiger partial charge in [-0.2, -0.15) is 0 Å². The van der Waals surface area contributed by atoms with Crippen LogP contribution in [0, 0.1) is 5.92 Å². The molecule has 220 valence electrons. The van der Waals surface area contributed by atoms with Crippen LogP contribution in [0.2, 0.25) is 0 Å². The summed E-state index contributed by atoms with van der Waals surface area (Å²) in [4.78, 5) is 15.1. The predicted octanol–water partition coefficient (Wildman–Crippen LogP) is 10.3. The first kappa shape index (κ1) is 26.6. The van der Waals surface area contributed by atoms with E-state index < -0.39 is 0 Å². The monoisotopic (exact) mass is 594 g/mol. The van der Waals surface area contributed by atoms with Gasteiger partial charge in [-0.15, -0.1) is 0 Å². The lowest BCUT2D eigenvalue weighted by Gasteiger charge is -2.22. The Morgan fingerprint density at radius 1 is 0.630 bits per heavy atom. The molecule has 0 radical (unpaired) electrons. The van der Waals surface area contributed by atoms with E-state index in [1.165, 1.54) is 5.57 Å². The molecule has 1 unspecified atom stereocenters. The van der Waals surface area contributed by atoms with E-state index in [1.54, 1.807) is 0 Å². The number of aromatic nitrogens is 4. The molecule has 3 heterocycles. The van der Waals surface area contributed by atoms with E-state index >= 15 is 0 Å². The first-order valence-electron chi connectivity index (χ1n) is 15.9. The Hall–Kier alpha value is -5.81. The zero-order valence-electron chi connectivity index (χ0n) is 25.2. The van der Waals surface area contributed by atoms with Crippen molar-refractivity contribution in [3.05, 3.63) is 151 Å². The van der Waals surface area contributed by atoms with E-state index in [-0.39, 0.29) is 0 Å². The zero-order valence-corrected chi connectivity index (χ0v) is 25.2. The maximum absolute atomic E-state index is 6.45. The van der Waals surface area contributed by atoms with Crippen molar-refractivity contribution in [1.29, 1.82) is 0 Å². The molecule has 0 N–H and O–H groups in total. The molecule has 46 heavy (non-hydrogen) atoms. The van der Waals surface area contributed by atoms with Crippen molar-refractivity contribution < 1.29 is 4.42 Å². The Morgan fingerprint density at radius 3 is 2.13 bits per heavy atom. The van der Waals surface area contributed by atoms with Crippen molar-refractivity contribution in [3.63, 3.8) is 0 Å². The molecule has 4 aromatic carbocycles. The van der Waals surface area contributed by atoms with Crippen LogP contribution in [0.15, 0.2) is 150 Å². The number of fused-ring (bicyclic) bond motifs is 5. The number of hydrogen-bond acceptors (Lipinski definition) is 4. The molecule has 0 bridgehead atoms. The van der Waals surface area contributed by atoms with Gasteiger partial charge in [0.1, 0.15) is 0 Å². The van der Waals surface area contributed by atoms with Gasteiger partial charge in [0.05, 0.1) is 16.6 Å². The van der Waals surface area contributed by atoms with Crippen LogP contribution in [0.25, 0.3) is 67.2 Å². The Morgan fingerprint density at radius 2 is 1.33 bits per heavy atom. The molecule has 2 aliphatic carbocycles. The highest BCUT2D eigenvalue weighted by molar-refractivity contribution is 6.07. The summed E-state index contributed by atoms with van der Waals surface area (Å²) in [7, 11) is 0. The molecular formula is C41H30N4O. The van der Waals surface area contributed by atoms with E-state index in [1.807, 2.05) is 30.3 Å². The number of para-hydroxylation sites is 3. The molecule has 7 aromatic rings. The van der Waals surface area contributed by atoms with Crippen molar-refractivity contribution in [2.75, 3.05) is 0 Å². The molecule has 0 spiro atoms. The summed E-state index contributed by atoms with van der Waals surface area (Å²) in [6.45, 7) is 0. The highest BCUT2D eigenvalue weighted by Gasteiger charge is 2.22. The summed E-state index contributed by atoms with van der Waals surface area (Å²) < 4.78 is 8.67. The van der Waals surface area contributed by atoms with E-state index in [4.69, 9.17) is 19.4 Å². The fourth-order valence-electron chi connectivity index (χ4n) is 6.84. The summed E-state index contributed by atoms with van der Waals surface area (Å²) in [5, 5.41) is 1.16. The summed E-state index contributed by atoms with van der Waals surface area (Å²) in [6, 6.07) is 35.4. The second-order valence-corrected chi connectivity index (χ2v) is 11.9. The second-order valence-electron chi connectivity index (χ2n) is 11.9. The Kier molecular flexibility index (Phi) is 6.34. The lowest BCUT2D eigenvalue weighted by molar-refractivity contribution is 0.658. The minimum absolute atomic E-state index is 0.358. The first-order valence-corrected chi connectivity index (χ1v) is 15.9. The van der Waals surface area contributed by atoms with Crippen LogP contribution in [0.3, 0.4) is 0 Å². The van der Waals surface area contributed by atoms with Crippen LogP contribution >= 0.6 is 0 Å². The molecular weight excluding hydrogens is 564 g/mol. The van der Waals surface area contributed by atoms with Gasteiger partial charge in [0.2, 0.25) is 5.71 Å². The van der Waals surface area contributed by atoms with Gasteiger partial charge in [-0.05, 0) is 48.6 Å². The van der Waals surface area contributed by atoms with Crippen LogP contribution in [0.4, 0.5) is 0 Å². The molecule has 0 fully saturated rings. The summed E-state index contributed by atoms with van der Waals surface area (Å²) in [5.74, 6) is 2.44. The molecule has 0 saturated carbocycles. The topological polar surface area (TPSA) is 56.2 Å². The smallest absolute Gasteiger partial charge is 0.213 e. The Bertz CT molecular complexity index is 2390. The van der Waals surface area contributed by atoms with Crippen molar-refractivity contribution in [2.24, 2.45) is 5.92 Å². The van der Waals surface area contributed by atoms with Gasteiger partial charge in [-0.3, -0.25) is 4.40 Å². The number of hydrogen-bond donors (Lipinski definition) is 0. The first-order chi connectivity index (χ1) is 22.8. The second kappa shape index (κ2) is 11.0.